The van der Waals surface area contributed by atoms with Gasteiger partial charge in [-0.25, -0.2) is 4.98 Å². The Bertz CT molecular complexity index is 844. The topological polar surface area (TPSA) is 92.1 Å². The lowest BCUT2D eigenvalue weighted by atomic mass is 10.1. The van der Waals surface area contributed by atoms with Gasteiger partial charge in [-0.1, -0.05) is 29.8 Å². The van der Waals surface area contributed by atoms with Crippen LogP contribution in [-0.4, -0.2) is 23.4 Å². The number of aryl methyl sites for hydroxylation is 1. The van der Waals surface area contributed by atoms with Gasteiger partial charge in [0.15, 0.2) is 0 Å². The summed E-state index contributed by atoms with van der Waals surface area (Å²) in [7, 11) is 0. The molecule has 1 unspecified atom stereocenters. The Balaban J connectivity index is 2.02. The van der Waals surface area contributed by atoms with Crippen LogP contribution in [-0.2, 0) is 20.7 Å². The van der Waals surface area contributed by atoms with Crippen LogP contribution in [0.15, 0.2) is 36.5 Å². The predicted molar refractivity (Wildman–Crippen MR) is 96.4 cm³/mol. The van der Waals surface area contributed by atoms with Crippen molar-refractivity contribution in [1.29, 1.82) is 5.26 Å². The molecule has 0 bridgehead atoms. The van der Waals surface area contributed by atoms with Crippen molar-refractivity contribution in [2.75, 3.05) is 6.54 Å². The Morgan fingerprint density at radius 1 is 1.35 bits per heavy atom. The quantitative estimate of drug-likeness (QED) is 0.788. The van der Waals surface area contributed by atoms with Crippen molar-refractivity contribution in [3.8, 4) is 6.07 Å². The van der Waals surface area contributed by atoms with Crippen LogP contribution in [0.25, 0.3) is 0 Å². The summed E-state index contributed by atoms with van der Waals surface area (Å²) in [6, 6.07) is 10.6. The molecule has 1 amide bonds. The number of hydrogen-bond donors (Lipinski definition) is 1. The molecule has 1 heterocycles. The number of benzene rings is 1. The standard InChI is InChI=1S/C19H18ClN3O3/c1-12-3-4-14(9-17(12)20)7-8-22-19(25)18(26-13(2)24)15-5-6-16(10-21)23-11-15/h3-6,9,11,18H,7-8H2,1-2H3,(H,22,25). The van der Waals surface area contributed by atoms with E-state index >= 15 is 0 Å². The van der Waals surface area contributed by atoms with Gasteiger partial charge in [0, 0.05) is 30.3 Å². The molecule has 0 saturated heterocycles. The predicted octanol–water partition coefficient (Wildman–Crippen LogP) is 2.88. The molecular formula is C19H18ClN3O3. The maximum Gasteiger partial charge on any atom is 0.303 e. The number of rotatable bonds is 6. The number of nitriles is 1. The lowest BCUT2D eigenvalue weighted by Gasteiger charge is -2.17. The van der Waals surface area contributed by atoms with Crippen LogP contribution >= 0.6 is 11.6 Å². The number of carbonyl (C=O) groups is 2. The minimum atomic E-state index is -1.12. The molecule has 1 aromatic heterocycles. The monoisotopic (exact) mass is 371 g/mol. The highest BCUT2D eigenvalue weighted by molar-refractivity contribution is 6.31. The maximum atomic E-state index is 12.4. The zero-order chi connectivity index (χ0) is 19.1. The van der Waals surface area contributed by atoms with E-state index in [4.69, 9.17) is 21.6 Å². The molecule has 134 valence electrons. The smallest absolute Gasteiger partial charge is 0.303 e. The van der Waals surface area contributed by atoms with E-state index in [1.165, 1.54) is 19.2 Å². The third-order valence-corrected chi connectivity index (χ3v) is 4.08. The Hall–Kier alpha value is -2.91. The van der Waals surface area contributed by atoms with Crippen molar-refractivity contribution < 1.29 is 14.3 Å². The van der Waals surface area contributed by atoms with E-state index in [-0.39, 0.29) is 5.69 Å². The second kappa shape index (κ2) is 8.97. The second-order valence-corrected chi connectivity index (χ2v) is 6.11. The number of aromatic nitrogens is 1. The molecule has 2 aromatic rings. The summed E-state index contributed by atoms with van der Waals surface area (Å²) in [4.78, 5) is 27.7. The van der Waals surface area contributed by atoms with E-state index < -0.39 is 18.0 Å². The van der Waals surface area contributed by atoms with Crippen molar-refractivity contribution in [2.24, 2.45) is 0 Å². The summed E-state index contributed by atoms with van der Waals surface area (Å²) in [5.41, 5.74) is 2.59. The number of hydrogen-bond acceptors (Lipinski definition) is 5. The van der Waals surface area contributed by atoms with Crippen LogP contribution in [0.4, 0.5) is 0 Å². The summed E-state index contributed by atoms with van der Waals surface area (Å²) in [6.45, 7) is 3.51. The van der Waals surface area contributed by atoms with Gasteiger partial charge in [0.25, 0.3) is 5.91 Å². The SMILES string of the molecule is CC(=O)OC(C(=O)NCCc1ccc(C)c(Cl)c1)c1ccc(C#N)nc1. The van der Waals surface area contributed by atoms with Gasteiger partial charge < -0.3 is 10.1 Å². The fraction of sp³-hybridized carbons (Fsp3) is 0.263. The summed E-state index contributed by atoms with van der Waals surface area (Å²) in [5, 5.41) is 12.2. The summed E-state index contributed by atoms with van der Waals surface area (Å²) in [5.74, 6) is -1.04. The van der Waals surface area contributed by atoms with Crippen molar-refractivity contribution in [3.63, 3.8) is 0 Å². The van der Waals surface area contributed by atoms with Crippen LogP contribution in [0.3, 0.4) is 0 Å². The molecule has 1 atom stereocenters. The van der Waals surface area contributed by atoms with Gasteiger partial charge in [-0.15, -0.1) is 0 Å². The molecule has 0 fully saturated rings. The average molecular weight is 372 g/mol. The number of ether oxygens (including phenoxy) is 1. The number of amides is 1. The first kappa shape index (κ1) is 19.4. The van der Waals surface area contributed by atoms with Gasteiger partial charge in [0.05, 0.1) is 0 Å². The van der Waals surface area contributed by atoms with Crippen LogP contribution in [0.1, 0.15) is 35.4 Å². The minimum Gasteiger partial charge on any atom is -0.447 e. The van der Waals surface area contributed by atoms with Crippen molar-refractivity contribution in [3.05, 3.63) is 63.9 Å². The minimum absolute atomic E-state index is 0.215. The molecule has 1 N–H and O–H groups in total. The van der Waals surface area contributed by atoms with E-state index in [0.717, 1.165) is 11.1 Å². The van der Waals surface area contributed by atoms with Gasteiger partial charge in [0.2, 0.25) is 6.10 Å². The first-order valence-corrected chi connectivity index (χ1v) is 8.34. The Morgan fingerprint density at radius 2 is 2.12 bits per heavy atom. The van der Waals surface area contributed by atoms with Gasteiger partial charge >= 0.3 is 5.97 Å². The summed E-state index contributed by atoms with van der Waals surface area (Å²) >= 11 is 6.09. The third-order valence-electron chi connectivity index (χ3n) is 3.67. The number of nitrogens with one attached hydrogen (secondary N) is 1. The fourth-order valence-corrected chi connectivity index (χ4v) is 2.48. The zero-order valence-electron chi connectivity index (χ0n) is 14.5. The molecule has 0 spiro atoms. The zero-order valence-corrected chi connectivity index (χ0v) is 15.2. The summed E-state index contributed by atoms with van der Waals surface area (Å²) in [6.07, 6.45) is 0.824. The number of pyridine rings is 1. The molecule has 0 aliphatic rings. The number of halogens is 1. The molecule has 0 radical (unpaired) electrons. The van der Waals surface area contributed by atoms with E-state index in [1.54, 1.807) is 6.07 Å². The van der Waals surface area contributed by atoms with Gasteiger partial charge in [-0.05, 0) is 36.6 Å². The van der Waals surface area contributed by atoms with Crippen molar-refractivity contribution in [1.82, 2.24) is 10.3 Å². The Kier molecular flexibility index (Phi) is 6.70. The normalized spacial score (nSPS) is 11.3. The fourth-order valence-electron chi connectivity index (χ4n) is 2.28. The highest BCUT2D eigenvalue weighted by Crippen LogP contribution is 2.19. The maximum absolute atomic E-state index is 12.4. The number of nitrogens with zero attached hydrogens (tertiary/aromatic N) is 2. The van der Waals surface area contributed by atoms with Gasteiger partial charge in [-0.3, -0.25) is 9.59 Å². The average Bonchev–Trinajstić information content (AvgIpc) is 2.62. The largest absolute Gasteiger partial charge is 0.447 e. The number of carbonyl (C=O) groups excluding carboxylic acids is 2. The molecule has 26 heavy (non-hydrogen) atoms. The van der Waals surface area contributed by atoms with E-state index in [2.05, 4.69) is 10.3 Å². The first-order valence-electron chi connectivity index (χ1n) is 7.96. The second-order valence-electron chi connectivity index (χ2n) is 5.70. The molecule has 0 aliphatic carbocycles. The molecule has 0 saturated carbocycles. The van der Waals surface area contributed by atoms with Gasteiger partial charge in [0.1, 0.15) is 11.8 Å². The first-order chi connectivity index (χ1) is 12.4. The third kappa shape index (κ3) is 5.30. The summed E-state index contributed by atoms with van der Waals surface area (Å²) < 4.78 is 5.11. The molecule has 0 aliphatic heterocycles. The molecule has 6 nitrogen and oxygen atoms in total. The highest BCUT2D eigenvalue weighted by atomic mass is 35.5. The number of esters is 1. The van der Waals surface area contributed by atoms with E-state index in [0.29, 0.717) is 23.6 Å². The Morgan fingerprint density at radius 3 is 2.69 bits per heavy atom. The van der Waals surface area contributed by atoms with E-state index in [9.17, 15) is 9.59 Å². The van der Waals surface area contributed by atoms with Crippen molar-refractivity contribution >= 4 is 23.5 Å². The van der Waals surface area contributed by atoms with E-state index in [1.807, 2.05) is 31.2 Å². The van der Waals surface area contributed by atoms with Crippen LogP contribution in [0, 0.1) is 18.3 Å². The van der Waals surface area contributed by atoms with Crippen LogP contribution in [0.2, 0.25) is 5.02 Å². The Labute approximate surface area is 156 Å². The van der Waals surface area contributed by atoms with Crippen molar-refractivity contribution in [2.45, 2.75) is 26.4 Å². The highest BCUT2D eigenvalue weighted by Gasteiger charge is 2.24. The lowest BCUT2D eigenvalue weighted by molar-refractivity contribution is -0.154. The van der Waals surface area contributed by atoms with Crippen LogP contribution in [0.5, 0.6) is 0 Å². The van der Waals surface area contributed by atoms with Gasteiger partial charge in [-0.2, -0.15) is 5.26 Å². The molecule has 7 heteroatoms. The molecule has 2 rings (SSSR count). The molecular weight excluding hydrogens is 354 g/mol. The molecule has 1 aromatic carbocycles. The van der Waals surface area contributed by atoms with Crippen LogP contribution < -0.4 is 5.32 Å². The lowest BCUT2D eigenvalue weighted by Crippen LogP contribution is -2.33.